The maximum absolute atomic E-state index is 13.4. The first-order valence-corrected chi connectivity index (χ1v) is 12.3. The molecule has 35 heavy (non-hydrogen) atoms. The summed E-state index contributed by atoms with van der Waals surface area (Å²) in [6.07, 6.45) is 0.0402. The maximum Gasteiger partial charge on any atom is 0.407 e. The highest BCUT2D eigenvalue weighted by Gasteiger charge is 2.49. The maximum atomic E-state index is 13.4. The molecular weight excluding hydrogens is 444 g/mol. The normalized spacial score (nSPS) is 22.7. The lowest BCUT2D eigenvalue weighted by Crippen LogP contribution is -2.52. The van der Waals surface area contributed by atoms with Gasteiger partial charge in [-0.25, -0.2) is 4.79 Å². The summed E-state index contributed by atoms with van der Waals surface area (Å²) in [5.41, 5.74) is 3.54. The van der Waals surface area contributed by atoms with Crippen LogP contribution < -0.4 is 5.32 Å². The molecule has 1 aliphatic heterocycles. The van der Waals surface area contributed by atoms with E-state index in [-0.39, 0.29) is 36.8 Å². The minimum Gasteiger partial charge on any atom is -0.481 e. The first-order chi connectivity index (χ1) is 16.7. The predicted octanol–water partition coefficient (Wildman–Crippen LogP) is 4.51. The van der Waals surface area contributed by atoms with E-state index in [1.807, 2.05) is 45.0 Å². The van der Waals surface area contributed by atoms with Gasteiger partial charge < -0.3 is 20.1 Å². The molecule has 0 saturated carbocycles. The number of nitrogens with zero attached hydrogens (tertiary/aromatic N) is 1. The first-order valence-electron chi connectivity index (χ1n) is 12.3. The fourth-order valence-electron chi connectivity index (χ4n) is 5.24. The van der Waals surface area contributed by atoms with Crippen molar-refractivity contribution >= 4 is 18.0 Å². The van der Waals surface area contributed by atoms with Gasteiger partial charge in [0, 0.05) is 19.0 Å². The van der Waals surface area contributed by atoms with Gasteiger partial charge in [0.05, 0.1) is 5.41 Å². The summed E-state index contributed by atoms with van der Waals surface area (Å²) in [6, 6.07) is 15.5. The molecule has 4 rings (SSSR count). The van der Waals surface area contributed by atoms with Crippen LogP contribution in [0, 0.1) is 17.3 Å². The molecular formula is C28H34N2O5. The standard InChI is InChI=1S/C28H34N2O5/c1-5-17(2)24(25(31)30-14-18(3)28(4,16-30)26(32)33)29-27(34)35-15-23-21-12-8-6-10-19(21)20-11-7-9-13-22(20)23/h6-13,17-18,23-24H,5,14-16H2,1-4H3,(H,29,34)(H,32,33)/t17?,18-,24?,28-/m0/s1. The van der Waals surface area contributed by atoms with Gasteiger partial charge in [0.1, 0.15) is 12.6 Å². The molecule has 186 valence electrons. The van der Waals surface area contributed by atoms with Crippen molar-refractivity contribution in [2.75, 3.05) is 19.7 Å². The number of fused-ring (bicyclic) bond motifs is 3. The van der Waals surface area contributed by atoms with Gasteiger partial charge in [0.15, 0.2) is 0 Å². The molecule has 2 amide bonds. The molecule has 0 aromatic heterocycles. The van der Waals surface area contributed by atoms with E-state index >= 15 is 0 Å². The lowest BCUT2D eigenvalue weighted by atomic mass is 9.81. The highest BCUT2D eigenvalue weighted by Crippen LogP contribution is 2.44. The van der Waals surface area contributed by atoms with Crippen LogP contribution in [0.2, 0.25) is 0 Å². The van der Waals surface area contributed by atoms with Crippen LogP contribution in [0.25, 0.3) is 11.1 Å². The summed E-state index contributed by atoms with van der Waals surface area (Å²) in [6.45, 7) is 8.02. The Bertz CT molecular complexity index is 1090. The summed E-state index contributed by atoms with van der Waals surface area (Å²) < 4.78 is 5.66. The zero-order valence-corrected chi connectivity index (χ0v) is 20.8. The Labute approximate surface area is 206 Å². The van der Waals surface area contributed by atoms with Gasteiger partial charge in [-0.3, -0.25) is 9.59 Å². The molecule has 1 fully saturated rings. The lowest BCUT2D eigenvalue weighted by molar-refractivity contribution is -0.149. The average Bonchev–Trinajstić information content (AvgIpc) is 3.35. The molecule has 2 aliphatic rings. The van der Waals surface area contributed by atoms with Crippen LogP contribution in [-0.2, 0) is 14.3 Å². The fourth-order valence-corrected chi connectivity index (χ4v) is 5.24. The van der Waals surface area contributed by atoms with E-state index < -0.39 is 23.5 Å². The minimum absolute atomic E-state index is 0.0680. The molecule has 0 radical (unpaired) electrons. The monoisotopic (exact) mass is 478 g/mol. The Balaban J connectivity index is 1.45. The predicted molar refractivity (Wildman–Crippen MR) is 133 cm³/mol. The van der Waals surface area contributed by atoms with E-state index in [2.05, 4.69) is 29.6 Å². The van der Waals surface area contributed by atoms with Crippen molar-refractivity contribution in [3.05, 3.63) is 59.7 Å². The number of rotatable bonds is 7. The van der Waals surface area contributed by atoms with Crippen LogP contribution in [0.4, 0.5) is 4.79 Å². The van der Waals surface area contributed by atoms with Crippen molar-refractivity contribution in [1.29, 1.82) is 0 Å². The van der Waals surface area contributed by atoms with Gasteiger partial charge >= 0.3 is 12.1 Å². The van der Waals surface area contributed by atoms with Crippen molar-refractivity contribution in [2.45, 2.75) is 46.1 Å². The summed E-state index contributed by atoms with van der Waals surface area (Å²) >= 11 is 0. The number of carbonyl (C=O) groups is 3. The molecule has 2 N–H and O–H groups in total. The zero-order valence-electron chi connectivity index (χ0n) is 20.8. The van der Waals surface area contributed by atoms with Gasteiger partial charge in [-0.15, -0.1) is 0 Å². The number of nitrogens with one attached hydrogen (secondary N) is 1. The van der Waals surface area contributed by atoms with E-state index in [4.69, 9.17) is 4.74 Å². The largest absolute Gasteiger partial charge is 0.481 e. The fraction of sp³-hybridized carbons (Fsp3) is 0.464. The van der Waals surface area contributed by atoms with Crippen LogP contribution >= 0.6 is 0 Å². The molecule has 1 aliphatic carbocycles. The van der Waals surface area contributed by atoms with Crippen LogP contribution in [0.1, 0.15) is 51.2 Å². The minimum atomic E-state index is -1.00. The number of hydrogen-bond acceptors (Lipinski definition) is 4. The number of aliphatic carboxylic acids is 1. The number of amides is 2. The number of carbonyl (C=O) groups excluding carboxylic acids is 2. The molecule has 2 unspecified atom stereocenters. The number of carboxylic acids is 1. The van der Waals surface area contributed by atoms with Gasteiger partial charge in [-0.05, 0) is 41.0 Å². The third-order valence-electron chi connectivity index (χ3n) is 8.00. The number of ether oxygens (including phenoxy) is 1. The smallest absolute Gasteiger partial charge is 0.407 e. The summed E-state index contributed by atoms with van der Waals surface area (Å²) in [7, 11) is 0. The quantitative estimate of drug-likeness (QED) is 0.611. The number of alkyl carbamates (subject to hydrolysis) is 1. The third-order valence-corrected chi connectivity index (χ3v) is 8.00. The van der Waals surface area contributed by atoms with Gasteiger partial charge in [0.25, 0.3) is 0 Å². The average molecular weight is 479 g/mol. The Morgan fingerprint density at radius 3 is 2.20 bits per heavy atom. The van der Waals surface area contributed by atoms with Gasteiger partial charge in [-0.2, -0.15) is 0 Å². The molecule has 7 nitrogen and oxygen atoms in total. The van der Waals surface area contributed by atoms with Crippen LogP contribution in [0.5, 0.6) is 0 Å². The van der Waals surface area contributed by atoms with E-state index in [0.717, 1.165) is 22.3 Å². The SMILES string of the molecule is CCC(C)C(NC(=O)OCC1c2ccccc2-c2ccccc21)C(=O)N1C[C@H](C)[C@@](C)(C(=O)O)C1. The number of benzene rings is 2. The van der Waals surface area contributed by atoms with Crippen molar-refractivity contribution in [1.82, 2.24) is 10.2 Å². The topological polar surface area (TPSA) is 95.9 Å². The van der Waals surface area contributed by atoms with Crippen molar-refractivity contribution in [2.24, 2.45) is 17.3 Å². The molecule has 2 aromatic rings. The second-order valence-electron chi connectivity index (χ2n) is 10.2. The van der Waals surface area contributed by atoms with E-state index in [0.29, 0.717) is 13.0 Å². The zero-order chi connectivity index (χ0) is 25.3. The Hall–Kier alpha value is -3.35. The van der Waals surface area contributed by atoms with Crippen molar-refractivity contribution < 1.29 is 24.2 Å². The molecule has 4 atom stereocenters. The summed E-state index contributed by atoms with van der Waals surface area (Å²) in [5.74, 6) is -1.55. The highest BCUT2D eigenvalue weighted by molar-refractivity contribution is 5.87. The Morgan fingerprint density at radius 1 is 1.11 bits per heavy atom. The molecule has 0 spiro atoms. The summed E-state index contributed by atoms with van der Waals surface area (Å²) in [4.78, 5) is 39.6. The van der Waals surface area contributed by atoms with Gasteiger partial charge in [-0.1, -0.05) is 75.7 Å². The molecule has 0 bridgehead atoms. The third kappa shape index (κ3) is 4.51. The number of hydrogen-bond donors (Lipinski definition) is 2. The van der Waals surface area contributed by atoms with Gasteiger partial charge in [0.2, 0.25) is 5.91 Å². The van der Waals surface area contributed by atoms with E-state index in [1.54, 1.807) is 11.8 Å². The second-order valence-corrected chi connectivity index (χ2v) is 10.2. The molecule has 1 saturated heterocycles. The van der Waals surface area contributed by atoms with Crippen LogP contribution in [-0.4, -0.2) is 53.7 Å². The summed E-state index contributed by atoms with van der Waals surface area (Å²) in [5, 5.41) is 12.5. The Morgan fingerprint density at radius 2 is 1.69 bits per heavy atom. The Kier molecular flexibility index (Phi) is 6.88. The molecule has 1 heterocycles. The lowest BCUT2D eigenvalue weighted by Gasteiger charge is -2.29. The number of carboxylic acid groups (broad SMARTS) is 1. The van der Waals surface area contributed by atoms with Crippen molar-refractivity contribution in [3.63, 3.8) is 0 Å². The van der Waals surface area contributed by atoms with E-state index in [1.165, 1.54) is 0 Å². The van der Waals surface area contributed by atoms with Crippen molar-refractivity contribution in [3.8, 4) is 11.1 Å². The number of likely N-dealkylation sites (tertiary alicyclic amines) is 1. The molecule has 2 aromatic carbocycles. The first kappa shape index (κ1) is 24.8. The van der Waals surface area contributed by atoms with Crippen LogP contribution in [0.15, 0.2) is 48.5 Å². The molecule has 7 heteroatoms. The van der Waals surface area contributed by atoms with Crippen LogP contribution in [0.3, 0.4) is 0 Å². The van der Waals surface area contributed by atoms with E-state index in [9.17, 15) is 19.5 Å². The second kappa shape index (κ2) is 9.72. The highest BCUT2D eigenvalue weighted by atomic mass is 16.5.